The molecule has 2 N–H and O–H groups in total. The van der Waals surface area contributed by atoms with Crippen LogP contribution in [0.4, 0.5) is 13.2 Å². The Morgan fingerprint density at radius 2 is 1.75 bits per heavy atom. The Labute approximate surface area is 158 Å². The summed E-state index contributed by atoms with van der Waals surface area (Å²) in [6.07, 6.45) is -3.29. The third-order valence-electron chi connectivity index (χ3n) is 3.04. The molecule has 0 heterocycles. The highest BCUT2D eigenvalue weighted by Gasteiger charge is 2.26. The van der Waals surface area contributed by atoms with Gasteiger partial charge in [-0.05, 0) is 18.4 Å². The lowest BCUT2D eigenvalue weighted by atomic mass is 10.2. The van der Waals surface area contributed by atoms with E-state index in [1.165, 1.54) is 7.05 Å². The summed E-state index contributed by atoms with van der Waals surface area (Å²) >= 11 is 0. The molecule has 0 spiro atoms. The molecular formula is C16H25F3IN3O. The summed E-state index contributed by atoms with van der Waals surface area (Å²) in [5.41, 5.74) is 1.14. The molecule has 8 heteroatoms. The molecule has 1 aromatic carbocycles. The van der Waals surface area contributed by atoms with Gasteiger partial charge in [-0.2, -0.15) is 13.2 Å². The van der Waals surface area contributed by atoms with Crippen molar-refractivity contribution in [2.45, 2.75) is 32.0 Å². The summed E-state index contributed by atoms with van der Waals surface area (Å²) < 4.78 is 41.7. The molecule has 1 aromatic rings. The Hall–Kier alpha value is -1.03. The molecule has 24 heavy (non-hydrogen) atoms. The summed E-state index contributed by atoms with van der Waals surface area (Å²) in [7, 11) is 1.53. The van der Waals surface area contributed by atoms with Gasteiger partial charge in [-0.15, -0.1) is 24.0 Å². The molecular weight excluding hydrogens is 434 g/mol. The molecule has 4 nitrogen and oxygen atoms in total. The third kappa shape index (κ3) is 12.4. The summed E-state index contributed by atoms with van der Waals surface area (Å²) in [4.78, 5) is 3.88. The SMILES string of the molecule is CN=C(NCCCCOCc1ccccc1)NCCC(F)(F)F.I. The van der Waals surface area contributed by atoms with Crippen LogP contribution in [0.25, 0.3) is 0 Å². The Morgan fingerprint density at radius 3 is 2.38 bits per heavy atom. The van der Waals surface area contributed by atoms with E-state index in [0.29, 0.717) is 25.7 Å². The van der Waals surface area contributed by atoms with E-state index in [1.54, 1.807) is 0 Å². The van der Waals surface area contributed by atoms with Gasteiger partial charge in [0.1, 0.15) is 0 Å². The number of nitrogens with one attached hydrogen (secondary N) is 2. The van der Waals surface area contributed by atoms with E-state index < -0.39 is 12.6 Å². The molecule has 0 atom stereocenters. The summed E-state index contributed by atoms with van der Waals surface area (Å²) in [5, 5.41) is 5.62. The van der Waals surface area contributed by atoms with Gasteiger partial charge in [0.15, 0.2) is 5.96 Å². The van der Waals surface area contributed by atoms with Gasteiger partial charge in [0.05, 0.1) is 13.0 Å². The minimum Gasteiger partial charge on any atom is -0.377 e. The van der Waals surface area contributed by atoms with E-state index in [4.69, 9.17) is 4.74 Å². The second kappa shape index (κ2) is 13.3. The van der Waals surface area contributed by atoms with Gasteiger partial charge in [-0.3, -0.25) is 4.99 Å². The zero-order chi connectivity index (χ0) is 17.0. The van der Waals surface area contributed by atoms with E-state index in [1.807, 2.05) is 30.3 Å². The molecule has 138 valence electrons. The molecule has 0 saturated heterocycles. The Kier molecular flexibility index (Phi) is 12.7. The molecule has 0 radical (unpaired) electrons. The molecule has 1 rings (SSSR count). The van der Waals surface area contributed by atoms with Crippen molar-refractivity contribution < 1.29 is 17.9 Å². The summed E-state index contributed by atoms with van der Waals surface area (Å²) in [6.45, 7) is 1.70. The third-order valence-corrected chi connectivity index (χ3v) is 3.04. The van der Waals surface area contributed by atoms with E-state index >= 15 is 0 Å². The first-order valence-electron chi connectivity index (χ1n) is 7.64. The quantitative estimate of drug-likeness (QED) is 0.256. The Morgan fingerprint density at radius 1 is 1.08 bits per heavy atom. The van der Waals surface area contributed by atoms with Crippen LogP contribution in [0, 0.1) is 0 Å². The predicted octanol–water partition coefficient (Wildman–Crippen LogP) is 3.72. The first-order chi connectivity index (χ1) is 11.0. The highest BCUT2D eigenvalue weighted by atomic mass is 127. The standard InChI is InChI=1S/C16H24F3N3O.HI/c1-20-15(22-11-9-16(17,18)19)21-10-5-6-12-23-13-14-7-3-2-4-8-14;/h2-4,7-8H,5-6,9-13H2,1H3,(H2,20,21,22);1H. The number of ether oxygens (including phenoxy) is 1. The lowest BCUT2D eigenvalue weighted by molar-refractivity contribution is -0.132. The highest BCUT2D eigenvalue weighted by Crippen LogP contribution is 2.17. The van der Waals surface area contributed by atoms with Crippen molar-refractivity contribution in [1.82, 2.24) is 10.6 Å². The predicted molar refractivity (Wildman–Crippen MR) is 101 cm³/mol. The number of hydrogen-bond donors (Lipinski definition) is 2. The first-order valence-corrected chi connectivity index (χ1v) is 7.64. The largest absolute Gasteiger partial charge is 0.390 e. The minimum atomic E-state index is -4.15. The van der Waals surface area contributed by atoms with Crippen molar-refractivity contribution in [3.05, 3.63) is 35.9 Å². The second-order valence-corrected chi connectivity index (χ2v) is 5.04. The smallest absolute Gasteiger partial charge is 0.377 e. The van der Waals surface area contributed by atoms with Crippen molar-refractivity contribution in [3.63, 3.8) is 0 Å². The maximum atomic E-state index is 12.0. The average Bonchev–Trinajstić information content (AvgIpc) is 2.52. The Balaban J connectivity index is 0.00000529. The zero-order valence-corrected chi connectivity index (χ0v) is 16.1. The normalized spacial score (nSPS) is 11.8. The summed E-state index contributed by atoms with van der Waals surface area (Å²) in [6, 6.07) is 9.93. The average molecular weight is 459 g/mol. The molecule has 0 bridgehead atoms. The fraction of sp³-hybridized carbons (Fsp3) is 0.562. The van der Waals surface area contributed by atoms with Crippen LogP contribution in [-0.4, -0.2) is 38.9 Å². The number of nitrogens with zero attached hydrogens (tertiary/aromatic N) is 1. The number of hydrogen-bond acceptors (Lipinski definition) is 2. The molecule has 0 saturated carbocycles. The molecule has 0 aliphatic rings. The van der Waals surface area contributed by atoms with Crippen molar-refractivity contribution in [3.8, 4) is 0 Å². The molecule has 0 aliphatic carbocycles. The number of unbranched alkanes of at least 4 members (excludes halogenated alkanes) is 1. The van der Waals surface area contributed by atoms with E-state index in [0.717, 1.165) is 18.4 Å². The van der Waals surface area contributed by atoms with Crippen molar-refractivity contribution >= 4 is 29.9 Å². The van der Waals surface area contributed by atoms with Gasteiger partial charge in [-0.25, -0.2) is 0 Å². The van der Waals surface area contributed by atoms with Crippen molar-refractivity contribution in [1.29, 1.82) is 0 Å². The van der Waals surface area contributed by atoms with Gasteiger partial charge in [0.2, 0.25) is 0 Å². The van der Waals surface area contributed by atoms with Crippen LogP contribution in [0.3, 0.4) is 0 Å². The van der Waals surface area contributed by atoms with E-state index in [-0.39, 0.29) is 30.5 Å². The topological polar surface area (TPSA) is 45.7 Å². The van der Waals surface area contributed by atoms with Gasteiger partial charge in [-0.1, -0.05) is 30.3 Å². The fourth-order valence-corrected chi connectivity index (χ4v) is 1.84. The van der Waals surface area contributed by atoms with E-state index in [9.17, 15) is 13.2 Å². The number of benzene rings is 1. The second-order valence-electron chi connectivity index (χ2n) is 5.04. The van der Waals surface area contributed by atoms with E-state index in [2.05, 4.69) is 15.6 Å². The van der Waals surface area contributed by atoms with Crippen LogP contribution in [0.2, 0.25) is 0 Å². The molecule has 0 fully saturated rings. The lowest BCUT2D eigenvalue weighted by Gasteiger charge is -2.12. The zero-order valence-electron chi connectivity index (χ0n) is 13.7. The Bertz CT molecular complexity index is 456. The van der Waals surface area contributed by atoms with Gasteiger partial charge >= 0.3 is 6.18 Å². The maximum absolute atomic E-state index is 12.0. The van der Waals surface area contributed by atoms with Crippen LogP contribution >= 0.6 is 24.0 Å². The number of guanidine groups is 1. The van der Waals surface area contributed by atoms with Crippen LogP contribution in [-0.2, 0) is 11.3 Å². The lowest BCUT2D eigenvalue weighted by Crippen LogP contribution is -2.39. The van der Waals surface area contributed by atoms with Crippen LogP contribution in [0.1, 0.15) is 24.8 Å². The van der Waals surface area contributed by atoms with Crippen LogP contribution < -0.4 is 10.6 Å². The van der Waals surface area contributed by atoms with Crippen LogP contribution in [0.15, 0.2) is 35.3 Å². The fourth-order valence-electron chi connectivity index (χ4n) is 1.84. The molecule has 0 unspecified atom stereocenters. The number of rotatable bonds is 9. The molecule has 0 aromatic heterocycles. The van der Waals surface area contributed by atoms with Gasteiger partial charge in [0, 0.05) is 26.7 Å². The monoisotopic (exact) mass is 459 g/mol. The van der Waals surface area contributed by atoms with Gasteiger partial charge in [0.25, 0.3) is 0 Å². The van der Waals surface area contributed by atoms with Crippen LogP contribution in [0.5, 0.6) is 0 Å². The number of halogens is 4. The molecule has 0 amide bonds. The minimum absolute atomic E-state index is 0. The maximum Gasteiger partial charge on any atom is 0.390 e. The summed E-state index contributed by atoms with van der Waals surface area (Å²) in [5.74, 6) is 0.388. The first kappa shape index (κ1) is 23.0. The van der Waals surface area contributed by atoms with Gasteiger partial charge < -0.3 is 15.4 Å². The molecule has 0 aliphatic heterocycles. The van der Waals surface area contributed by atoms with Crippen molar-refractivity contribution in [2.75, 3.05) is 26.7 Å². The highest BCUT2D eigenvalue weighted by molar-refractivity contribution is 14.0. The van der Waals surface area contributed by atoms with Crippen molar-refractivity contribution in [2.24, 2.45) is 4.99 Å². The number of aliphatic imine (C=N–C) groups is 1. The number of alkyl halides is 3.